The summed E-state index contributed by atoms with van der Waals surface area (Å²) in [5.41, 5.74) is 0.854. The summed E-state index contributed by atoms with van der Waals surface area (Å²) in [7, 11) is 0. The molecule has 0 bridgehead atoms. The number of aromatic nitrogens is 3. The summed E-state index contributed by atoms with van der Waals surface area (Å²) >= 11 is 0. The van der Waals surface area contributed by atoms with Crippen molar-refractivity contribution in [1.82, 2.24) is 20.4 Å². The highest BCUT2D eigenvalue weighted by Gasteiger charge is 2.28. The maximum atomic E-state index is 11.8. The van der Waals surface area contributed by atoms with Crippen LogP contribution in [0.4, 0.5) is 0 Å². The molecule has 2 aromatic rings. The topological polar surface area (TPSA) is 80.9 Å². The Hall–Kier alpha value is -2.24. The molecule has 1 fully saturated rings. The number of hydrogen-bond donors (Lipinski definition) is 1. The van der Waals surface area contributed by atoms with Gasteiger partial charge in [0.2, 0.25) is 17.6 Å². The third-order valence-corrected chi connectivity index (χ3v) is 3.69. The first-order chi connectivity index (χ1) is 10.2. The fourth-order valence-corrected chi connectivity index (χ4v) is 2.24. The smallest absolute Gasteiger partial charge is 0.227 e. The van der Waals surface area contributed by atoms with Gasteiger partial charge in [0.25, 0.3) is 0 Å². The molecule has 1 atom stereocenters. The van der Waals surface area contributed by atoms with E-state index in [0.29, 0.717) is 30.5 Å². The van der Waals surface area contributed by atoms with Crippen molar-refractivity contribution in [2.75, 3.05) is 0 Å². The van der Waals surface area contributed by atoms with Gasteiger partial charge in [-0.3, -0.25) is 9.78 Å². The molecule has 0 aromatic carbocycles. The Bertz CT molecular complexity index is 607. The number of hydrogen-bond acceptors (Lipinski definition) is 5. The van der Waals surface area contributed by atoms with Gasteiger partial charge in [-0.1, -0.05) is 5.16 Å². The van der Waals surface area contributed by atoms with Crippen LogP contribution in [0, 0.1) is 5.92 Å². The second-order valence-electron chi connectivity index (χ2n) is 5.44. The number of carbonyl (C=O) groups excluding carboxylic acids is 1. The first-order valence-electron chi connectivity index (χ1n) is 7.25. The first kappa shape index (κ1) is 13.7. The Balaban J connectivity index is 1.51. The summed E-state index contributed by atoms with van der Waals surface area (Å²) in [6.07, 6.45) is 6.63. The number of aryl methyl sites for hydroxylation is 1. The third kappa shape index (κ3) is 3.65. The highest BCUT2D eigenvalue weighted by molar-refractivity contribution is 5.76. The molecule has 3 rings (SSSR count). The molecule has 110 valence electrons. The fraction of sp³-hybridized carbons (Fsp3) is 0.467. The van der Waals surface area contributed by atoms with Gasteiger partial charge >= 0.3 is 0 Å². The minimum absolute atomic E-state index is 0.0399. The molecule has 0 spiro atoms. The van der Waals surface area contributed by atoms with Gasteiger partial charge in [0.15, 0.2) is 0 Å². The van der Waals surface area contributed by atoms with Gasteiger partial charge < -0.3 is 9.84 Å². The van der Waals surface area contributed by atoms with Crippen LogP contribution in [0.15, 0.2) is 29.0 Å². The van der Waals surface area contributed by atoms with Crippen LogP contribution in [0.2, 0.25) is 0 Å². The van der Waals surface area contributed by atoms with E-state index in [1.807, 2.05) is 12.1 Å². The molecule has 1 aliphatic rings. The van der Waals surface area contributed by atoms with Crippen LogP contribution < -0.4 is 5.32 Å². The van der Waals surface area contributed by atoms with Crippen molar-refractivity contribution in [3.05, 3.63) is 30.4 Å². The number of carbonyl (C=O) groups is 1. The second-order valence-corrected chi connectivity index (χ2v) is 5.44. The third-order valence-electron chi connectivity index (χ3n) is 3.69. The van der Waals surface area contributed by atoms with E-state index in [-0.39, 0.29) is 11.9 Å². The maximum Gasteiger partial charge on any atom is 0.227 e. The van der Waals surface area contributed by atoms with E-state index in [1.165, 1.54) is 12.8 Å². The maximum absolute atomic E-state index is 11.8. The van der Waals surface area contributed by atoms with Crippen molar-refractivity contribution in [2.24, 2.45) is 5.92 Å². The Morgan fingerprint density at radius 2 is 2.19 bits per heavy atom. The van der Waals surface area contributed by atoms with E-state index in [1.54, 1.807) is 12.4 Å². The van der Waals surface area contributed by atoms with Gasteiger partial charge in [0.05, 0.1) is 0 Å². The highest BCUT2D eigenvalue weighted by Crippen LogP contribution is 2.32. The fourth-order valence-electron chi connectivity index (χ4n) is 2.24. The van der Waals surface area contributed by atoms with Crippen molar-refractivity contribution in [1.29, 1.82) is 0 Å². The quantitative estimate of drug-likeness (QED) is 0.878. The molecular formula is C15H18N4O2. The molecule has 21 heavy (non-hydrogen) atoms. The predicted octanol–water partition coefficient (Wildman–Crippen LogP) is 1.98. The van der Waals surface area contributed by atoms with Crippen molar-refractivity contribution >= 4 is 5.91 Å². The standard InChI is InChI=1S/C15H18N4O2/c1-10(11-2-3-11)17-13(20)4-5-14-18-15(19-21-14)12-6-8-16-9-7-12/h6-11H,2-5H2,1H3,(H,17,20). The van der Waals surface area contributed by atoms with Crippen LogP contribution in [-0.4, -0.2) is 27.1 Å². The van der Waals surface area contributed by atoms with E-state index in [9.17, 15) is 4.79 Å². The molecule has 6 nitrogen and oxygen atoms in total. The number of nitrogens with zero attached hydrogens (tertiary/aromatic N) is 3. The zero-order valence-corrected chi connectivity index (χ0v) is 12.0. The van der Waals surface area contributed by atoms with Crippen LogP contribution in [0.1, 0.15) is 32.1 Å². The van der Waals surface area contributed by atoms with E-state index >= 15 is 0 Å². The molecule has 1 unspecified atom stereocenters. The second kappa shape index (κ2) is 6.03. The van der Waals surface area contributed by atoms with Crippen LogP contribution in [0.5, 0.6) is 0 Å². The van der Waals surface area contributed by atoms with Crippen LogP contribution in [0.25, 0.3) is 11.4 Å². The summed E-state index contributed by atoms with van der Waals surface area (Å²) < 4.78 is 5.17. The normalized spacial score (nSPS) is 15.7. The van der Waals surface area contributed by atoms with Gasteiger partial charge in [-0.15, -0.1) is 0 Å². The molecule has 1 saturated carbocycles. The van der Waals surface area contributed by atoms with Gasteiger partial charge in [-0.2, -0.15) is 4.98 Å². The Morgan fingerprint density at radius 1 is 1.43 bits per heavy atom. The van der Waals surface area contributed by atoms with Crippen molar-refractivity contribution in [2.45, 2.75) is 38.6 Å². The molecule has 6 heteroatoms. The minimum atomic E-state index is 0.0399. The summed E-state index contributed by atoms with van der Waals surface area (Å²) in [5.74, 6) is 1.71. The summed E-state index contributed by atoms with van der Waals surface area (Å²) in [4.78, 5) is 20.1. The van der Waals surface area contributed by atoms with Gasteiger partial charge in [-0.05, 0) is 37.8 Å². The average molecular weight is 286 g/mol. The van der Waals surface area contributed by atoms with E-state index in [2.05, 4.69) is 27.4 Å². The summed E-state index contributed by atoms with van der Waals surface area (Å²) in [6.45, 7) is 2.06. The zero-order chi connectivity index (χ0) is 14.7. The summed E-state index contributed by atoms with van der Waals surface area (Å²) in [6, 6.07) is 3.91. The van der Waals surface area contributed by atoms with Gasteiger partial charge in [0.1, 0.15) is 0 Å². The van der Waals surface area contributed by atoms with E-state index in [0.717, 1.165) is 5.56 Å². The van der Waals surface area contributed by atoms with Gasteiger partial charge in [0, 0.05) is 36.8 Å². The Labute approximate surface area is 123 Å². The van der Waals surface area contributed by atoms with Crippen LogP contribution >= 0.6 is 0 Å². The monoisotopic (exact) mass is 286 g/mol. The molecule has 1 aliphatic carbocycles. The molecule has 0 radical (unpaired) electrons. The lowest BCUT2D eigenvalue weighted by Gasteiger charge is -2.11. The first-order valence-corrected chi connectivity index (χ1v) is 7.25. The Morgan fingerprint density at radius 3 is 2.90 bits per heavy atom. The van der Waals surface area contributed by atoms with E-state index in [4.69, 9.17) is 4.52 Å². The predicted molar refractivity (Wildman–Crippen MR) is 76.2 cm³/mol. The van der Waals surface area contributed by atoms with E-state index < -0.39 is 0 Å². The molecule has 2 aromatic heterocycles. The molecular weight excluding hydrogens is 268 g/mol. The highest BCUT2D eigenvalue weighted by atomic mass is 16.5. The average Bonchev–Trinajstić information content (AvgIpc) is 3.25. The largest absolute Gasteiger partial charge is 0.353 e. The number of amides is 1. The van der Waals surface area contributed by atoms with Crippen molar-refractivity contribution < 1.29 is 9.32 Å². The van der Waals surface area contributed by atoms with Crippen LogP contribution in [-0.2, 0) is 11.2 Å². The lowest BCUT2D eigenvalue weighted by atomic mass is 10.2. The lowest BCUT2D eigenvalue weighted by Crippen LogP contribution is -2.34. The molecule has 0 saturated heterocycles. The molecule has 0 aliphatic heterocycles. The Kier molecular flexibility index (Phi) is 3.94. The van der Waals surface area contributed by atoms with Gasteiger partial charge in [-0.25, -0.2) is 0 Å². The number of pyridine rings is 1. The van der Waals surface area contributed by atoms with Crippen molar-refractivity contribution in [3.8, 4) is 11.4 Å². The SMILES string of the molecule is CC(NC(=O)CCc1nc(-c2ccncc2)no1)C1CC1. The van der Waals surface area contributed by atoms with Crippen LogP contribution in [0.3, 0.4) is 0 Å². The zero-order valence-electron chi connectivity index (χ0n) is 12.0. The molecule has 1 amide bonds. The van der Waals surface area contributed by atoms with Crippen molar-refractivity contribution in [3.63, 3.8) is 0 Å². The summed E-state index contributed by atoms with van der Waals surface area (Å²) in [5, 5.41) is 6.93. The lowest BCUT2D eigenvalue weighted by molar-refractivity contribution is -0.121. The number of nitrogens with one attached hydrogen (secondary N) is 1. The molecule has 1 N–H and O–H groups in total. The number of rotatable bonds is 6. The molecule has 2 heterocycles. The minimum Gasteiger partial charge on any atom is -0.353 e.